The van der Waals surface area contributed by atoms with Gasteiger partial charge >= 0.3 is 0 Å². The van der Waals surface area contributed by atoms with Crippen molar-refractivity contribution in [3.8, 4) is 0 Å². The summed E-state index contributed by atoms with van der Waals surface area (Å²) < 4.78 is 2.09. The Morgan fingerprint density at radius 1 is 1.12 bits per heavy atom. The molecule has 0 unspecified atom stereocenters. The molecule has 2 aliphatic heterocycles. The number of likely N-dealkylation sites (tertiary alicyclic amines) is 1. The first-order valence-electron chi connectivity index (χ1n) is 12.1. The summed E-state index contributed by atoms with van der Waals surface area (Å²) in [5.74, 6) is 0.0188. The lowest BCUT2D eigenvalue weighted by Gasteiger charge is -2.34. The number of aromatic nitrogens is 2. The molecule has 7 nitrogen and oxygen atoms in total. The summed E-state index contributed by atoms with van der Waals surface area (Å²) in [6, 6.07) is 12.6. The van der Waals surface area contributed by atoms with E-state index in [-0.39, 0.29) is 5.91 Å². The van der Waals surface area contributed by atoms with Gasteiger partial charge in [-0.25, -0.2) is 4.98 Å². The predicted molar refractivity (Wildman–Crippen MR) is 130 cm³/mol. The number of anilines is 1. The number of hydrogen-bond donors (Lipinski definition) is 2. The zero-order chi connectivity index (χ0) is 22.8. The van der Waals surface area contributed by atoms with Gasteiger partial charge in [0.1, 0.15) is 5.65 Å². The number of fused-ring (bicyclic) bond motifs is 1. The summed E-state index contributed by atoms with van der Waals surface area (Å²) >= 11 is 0. The van der Waals surface area contributed by atoms with Crippen molar-refractivity contribution < 1.29 is 9.90 Å². The van der Waals surface area contributed by atoms with Gasteiger partial charge in [-0.05, 0) is 68.5 Å². The summed E-state index contributed by atoms with van der Waals surface area (Å²) in [5.41, 5.74) is 5.17. The fourth-order valence-corrected chi connectivity index (χ4v) is 5.02. The van der Waals surface area contributed by atoms with Crippen LogP contribution in [-0.2, 0) is 6.54 Å². The Bertz CT molecular complexity index is 1100. The smallest absolute Gasteiger partial charge is 0.253 e. The van der Waals surface area contributed by atoms with Crippen molar-refractivity contribution in [2.75, 3.05) is 31.1 Å². The first-order valence-corrected chi connectivity index (χ1v) is 12.1. The van der Waals surface area contributed by atoms with Gasteiger partial charge in [0.2, 0.25) is 0 Å². The molecule has 1 amide bonds. The van der Waals surface area contributed by atoms with Gasteiger partial charge in [0.15, 0.2) is 0 Å². The van der Waals surface area contributed by atoms with E-state index in [9.17, 15) is 9.90 Å². The van der Waals surface area contributed by atoms with Crippen LogP contribution in [0.2, 0.25) is 0 Å². The number of carbonyl (C=O) groups is 1. The summed E-state index contributed by atoms with van der Waals surface area (Å²) in [6.07, 6.45) is 7.58. The van der Waals surface area contributed by atoms with Crippen molar-refractivity contribution in [2.24, 2.45) is 0 Å². The van der Waals surface area contributed by atoms with Crippen LogP contribution in [0.4, 0.5) is 5.69 Å². The molecular weight excluding hydrogens is 414 g/mol. The lowest BCUT2D eigenvalue weighted by molar-refractivity contribution is 0.0474. The first kappa shape index (κ1) is 21.9. The van der Waals surface area contributed by atoms with Crippen LogP contribution in [0.1, 0.15) is 47.3 Å². The lowest BCUT2D eigenvalue weighted by atomic mass is 10.0. The monoisotopic (exact) mass is 447 g/mol. The molecule has 0 radical (unpaired) electrons. The van der Waals surface area contributed by atoms with Crippen LogP contribution in [0.15, 0.2) is 48.8 Å². The number of benzene rings is 1. The van der Waals surface area contributed by atoms with Crippen molar-refractivity contribution in [2.45, 2.75) is 51.3 Å². The number of β-amino-alcohol motifs (C(OH)–C–C–N with tert-alkyl or cyclic N) is 1. The second-order valence-electron chi connectivity index (χ2n) is 9.39. The third kappa shape index (κ3) is 4.89. The number of hydrogen-bond acceptors (Lipinski definition) is 5. The van der Waals surface area contributed by atoms with Gasteiger partial charge in [0.05, 0.1) is 11.8 Å². The Labute approximate surface area is 195 Å². The molecule has 7 heteroatoms. The standard InChI is InChI=1S/C26H33N5O2/c1-19-4-2-12-30-17-22(28-25(19)30)16-27-21-10-14-29(15-11-21)23-8-6-20(7-9-23)26(33)31-13-3-5-24(32)18-31/h2,4,6-9,12,17,21,24,27,32H,3,5,10-11,13-16,18H2,1H3/t24-/m1/s1. The molecule has 2 saturated heterocycles. The third-order valence-corrected chi connectivity index (χ3v) is 6.96. The second-order valence-corrected chi connectivity index (χ2v) is 9.39. The van der Waals surface area contributed by atoms with E-state index in [1.165, 1.54) is 11.3 Å². The van der Waals surface area contributed by atoms with Crippen LogP contribution in [0.3, 0.4) is 0 Å². The molecule has 3 aromatic rings. The number of aliphatic hydroxyl groups is 1. The number of rotatable bonds is 5. The van der Waals surface area contributed by atoms with Crippen molar-refractivity contribution in [3.05, 3.63) is 65.6 Å². The average molecular weight is 448 g/mol. The minimum absolute atomic E-state index is 0.0188. The van der Waals surface area contributed by atoms with Gasteiger partial charge in [0.25, 0.3) is 5.91 Å². The van der Waals surface area contributed by atoms with Gasteiger partial charge in [-0.15, -0.1) is 0 Å². The number of nitrogens with one attached hydrogen (secondary N) is 1. The first-order chi connectivity index (χ1) is 16.1. The molecule has 2 aliphatic rings. The molecule has 0 aliphatic carbocycles. The van der Waals surface area contributed by atoms with Crippen LogP contribution in [-0.4, -0.2) is 63.6 Å². The highest BCUT2D eigenvalue weighted by atomic mass is 16.3. The van der Waals surface area contributed by atoms with Crippen molar-refractivity contribution in [1.29, 1.82) is 0 Å². The number of pyridine rings is 1. The van der Waals surface area contributed by atoms with E-state index in [1.807, 2.05) is 18.3 Å². The molecule has 33 heavy (non-hydrogen) atoms. The number of aryl methyl sites for hydroxylation is 1. The number of piperidine rings is 2. The number of amides is 1. The second kappa shape index (κ2) is 9.53. The van der Waals surface area contributed by atoms with Crippen LogP contribution in [0.5, 0.6) is 0 Å². The highest BCUT2D eigenvalue weighted by molar-refractivity contribution is 5.94. The van der Waals surface area contributed by atoms with Crippen LogP contribution >= 0.6 is 0 Å². The Morgan fingerprint density at radius 3 is 2.64 bits per heavy atom. The van der Waals surface area contributed by atoms with Gasteiger partial charge in [-0.1, -0.05) is 6.07 Å². The van der Waals surface area contributed by atoms with E-state index >= 15 is 0 Å². The van der Waals surface area contributed by atoms with E-state index in [1.54, 1.807) is 4.90 Å². The van der Waals surface area contributed by atoms with Gasteiger partial charge in [-0.2, -0.15) is 0 Å². The Balaban J connectivity index is 1.12. The number of nitrogens with zero attached hydrogens (tertiary/aromatic N) is 4. The summed E-state index contributed by atoms with van der Waals surface area (Å²) in [5, 5.41) is 13.5. The summed E-state index contributed by atoms with van der Waals surface area (Å²) in [7, 11) is 0. The average Bonchev–Trinajstić information content (AvgIpc) is 3.27. The predicted octanol–water partition coefficient (Wildman–Crippen LogP) is 3.00. The van der Waals surface area contributed by atoms with Crippen molar-refractivity contribution in [1.82, 2.24) is 19.6 Å². The minimum Gasteiger partial charge on any atom is -0.391 e. The van der Waals surface area contributed by atoms with E-state index in [0.29, 0.717) is 18.2 Å². The molecular formula is C26H33N5O2. The lowest BCUT2D eigenvalue weighted by Crippen LogP contribution is -2.42. The van der Waals surface area contributed by atoms with E-state index < -0.39 is 6.10 Å². The molecule has 0 spiro atoms. The van der Waals surface area contributed by atoms with E-state index in [0.717, 1.165) is 63.2 Å². The van der Waals surface area contributed by atoms with Crippen LogP contribution < -0.4 is 10.2 Å². The molecule has 1 atom stereocenters. The molecule has 2 fully saturated rings. The fourth-order valence-electron chi connectivity index (χ4n) is 5.02. The molecule has 2 aromatic heterocycles. The maximum atomic E-state index is 12.7. The molecule has 0 saturated carbocycles. The van der Waals surface area contributed by atoms with E-state index in [4.69, 9.17) is 4.98 Å². The Hall–Kier alpha value is -2.90. The van der Waals surface area contributed by atoms with Crippen LogP contribution in [0.25, 0.3) is 5.65 Å². The van der Waals surface area contributed by atoms with Gasteiger partial charge < -0.3 is 24.6 Å². The molecule has 1 aromatic carbocycles. The van der Waals surface area contributed by atoms with E-state index in [2.05, 4.69) is 52.0 Å². The fraction of sp³-hybridized carbons (Fsp3) is 0.462. The maximum Gasteiger partial charge on any atom is 0.253 e. The Morgan fingerprint density at radius 2 is 1.91 bits per heavy atom. The van der Waals surface area contributed by atoms with Gasteiger partial charge in [0, 0.05) is 62.4 Å². The zero-order valence-corrected chi connectivity index (χ0v) is 19.3. The summed E-state index contributed by atoms with van der Waals surface area (Å²) in [6.45, 7) is 6.03. The highest BCUT2D eigenvalue weighted by Crippen LogP contribution is 2.22. The SMILES string of the molecule is Cc1cccn2cc(CNC3CCN(c4ccc(C(=O)N5CCC[C@@H](O)C5)cc4)CC3)nc12. The molecule has 174 valence electrons. The van der Waals surface area contributed by atoms with Crippen molar-refractivity contribution >= 4 is 17.2 Å². The number of carbonyl (C=O) groups excluding carboxylic acids is 1. The largest absolute Gasteiger partial charge is 0.391 e. The topological polar surface area (TPSA) is 73.1 Å². The third-order valence-electron chi connectivity index (χ3n) is 6.96. The number of imidazole rings is 1. The summed E-state index contributed by atoms with van der Waals surface area (Å²) in [4.78, 5) is 21.7. The normalized spacial score (nSPS) is 19.9. The molecule has 0 bridgehead atoms. The molecule has 5 rings (SSSR count). The molecule has 4 heterocycles. The molecule has 2 N–H and O–H groups in total. The number of aliphatic hydroxyl groups excluding tert-OH is 1. The quantitative estimate of drug-likeness (QED) is 0.629. The van der Waals surface area contributed by atoms with Gasteiger partial charge in [-0.3, -0.25) is 4.79 Å². The van der Waals surface area contributed by atoms with Crippen molar-refractivity contribution in [3.63, 3.8) is 0 Å². The zero-order valence-electron chi connectivity index (χ0n) is 19.3. The van der Waals surface area contributed by atoms with Crippen LogP contribution in [0, 0.1) is 6.92 Å². The highest BCUT2D eigenvalue weighted by Gasteiger charge is 2.24. The maximum absolute atomic E-state index is 12.7. The minimum atomic E-state index is -0.395. The Kier molecular flexibility index (Phi) is 6.33.